The monoisotopic (exact) mass is 333 g/mol. The molecule has 1 saturated heterocycles. The molecule has 1 N–H and O–H groups in total. The van der Waals surface area contributed by atoms with Gasteiger partial charge in [0.15, 0.2) is 5.69 Å². The van der Waals surface area contributed by atoms with Gasteiger partial charge in [-0.25, -0.2) is 0 Å². The molecule has 0 saturated carbocycles. The lowest BCUT2D eigenvalue weighted by Gasteiger charge is -2.30. The van der Waals surface area contributed by atoms with Crippen LogP contribution in [-0.2, 0) is 16.1 Å². The second kappa shape index (κ2) is 6.81. The van der Waals surface area contributed by atoms with Gasteiger partial charge >= 0.3 is 0 Å². The van der Waals surface area contributed by atoms with Crippen molar-refractivity contribution < 1.29 is 18.6 Å². The summed E-state index contributed by atoms with van der Waals surface area (Å²) >= 11 is 0. The first-order chi connectivity index (χ1) is 11.5. The maximum absolute atomic E-state index is 12.2. The van der Waals surface area contributed by atoms with Crippen LogP contribution < -0.4 is 5.32 Å². The van der Waals surface area contributed by atoms with Gasteiger partial charge in [-0.05, 0) is 19.8 Å². The number of nitrogens with zero attached hydrogens (tertiary/aromatic N) is 4. The van der Waals surface area contributed by atoms with Crippen molar-refractivity contribution in [3.63, 3.8) is 0 Å². The van der Waals surface area contributed by atoms with E-state index in [9.17, 15) is 9.59 Å². The zero-order chi connectivity index (χ0) is 17.1. The Morgan fingerprint density at radius 3 is 2.67 bits per heavy atom. The summed E-state index contributed by atoms with van der Waals surface area (Å²) in [5.74, 6) is 1.18. The Balaban J connectivity index is 1.50. The van der Waals surface area contributed by atoms with E-state index in [-0.39, 0.29) is 24.3 Å². The van der Waals surface area contributed by atoms with Crippen molar-refractivity contribution in [2.75, 3.05) is 13.1 Å². The molecule has 9 heteroatoms. The average molecular weight is 333 g/mol. The summed E-state index contributed by atoms with van der Waals surface area (Å²) in [5, 5.41) is 10.4. The lowest BCUT2D eigenvalue weighted by molar-refractivity contribution is -0.134. The summed E-state index contributed by atoms with van der Waals surface area (Å²) in [6.07, 6.45) is 1.33. The van der Waals surface area contributed by atoms with E-state index in [0.717, 1.165) is 0 Å². The lowest BCUT2D eigenvalue weighted by Crippen LogP contribution is -2.42. The standard InChI is InChI=1S/C15H19N5O4/c1-9-7-12(18-23-9)14-17-13(24-19-14)8-16-15(22)11-3-5-20(6-4-11)10(2)21/h7,11H,3-6,8H2,1-2H3,(H,16,22). The predicted molar refractivity (Wildman–Crippen MR) is 81.4 cm³/mol. The van der Waals surface area contributed by atoms with Crippen LogP contribution >= 0.6 is 0 Å². The van der Waals surface area contributed by atoms with Gasteiger partial charge in [0.1, 0.15) is 5.76 Å². The molecule has 1 aliphatic heterocycles. The Labute approximate surface area is 138 Å². The molecule has 1 aliphatic rings. The molecule has 2 aromatic rings. The molecule has 0 atom stereocenters. The molecule has 3 rings (SSSR count). The number of nitrogens with one attached hydrogen (secondary N) is 1. The predicted octanol–water partition coefficient (Wildman–Crippen LogP) is 0.908. The average Bonchev–Trinajstić information content (AvgIpc) is 3.21. The van der Waals surface area contributed by atoms with Gasteiger partial charge in [-0.15, -0.1) is 0 Å². The largest absolute Gasteiger partial charge is 0.361 e. The van der Waals surface area contributed by atoms with Crippen LogP contribution in [-0.4, -0.2) is 45.1 Å². The Bertz CT molecular complexity index is 730. The third-order valence-electron chi connectivity index (χ3n) is 4.05. The maximum Gasteiger partial charge on any atom is 0.246 e. The van der Waals surface area contributed by atoms with Crippen LogP contribution in [0.1, 0.15) is 31.4 Å². The first-order valence-electron chi connectivity index (χ1n) is 7.82. The molecular weight excluding hydrogens is 314 g/mol. The van der Waals surface area contributed by atoms with Crippen LogP contribution in [0.5, 0.6) is 0 Å². The van der Waals surface area contributed by atoms with Gasteiger partial charge in [-0.3, -0.25) is 9.59 Å². The minimum Gasteiger partial charge on any atom is -0.361 e. The van der Waals surface area contributed by atoms with Crippen LogP contribution in [0.3, 0.4) is 0 Å². The van der Waals surface area contributed by atoms with Gasteiger partial charge in [0.25, 0.3) is 0 Å². The summed E-state index contributed by atoms with van der Waals surface area (Å²) < 4.78 is 10.1. The number of aryl methyl sites for hydroxylation is 1. The van der Waals surface area contributed by atoms with Crippen LogP contribution in [0, 0.1) is 12.8 Å². The van der Waals surface area contributed by atoms with E-state index in [0.29, 0.717) is 49.1 Å². The van der Waals surface area contributed by atoms with Gasteiger partial charge in [0.2, 0.25) is 23.5 Å². The molecule has 1 fully saturated rings. The Kier molecular flexibility index (Phi) is 4.59. The fraction of sp³-hybridized carbons (Fsp3) is 0.533. The Hall–Kier alpha value is -2.71. The first-order valence-corrected chi connectivity index (χ1v) is 7.82. The quantitative estimate of drug-likeness (QED) is 0.884. The summed E-state index contributed by atoms with van der Waals surface area (Å²) in [4.78, 5) is 29.4. The smallest absolute Gasteiger partial charge is 0.246 e. The highest BCUT2D eigenvalue weighted by Gasteiger charge is 2.26. The molecule has 0 unspecified atom stereocenters. The number of amides is 2. The SMILES string of the molecule is CC(=O)N1CCC(C(=O)NCc2nc(-c3cc(C)on3)no2)CC1. The van der Waals surface area contributed by atoms with Crippen LogP contribution in [0.15, 0.2) is 15.1 Å². The Morgan fingerprint density at radius 2 is 2.04 bits per heavy atom. The highest BCUT2D eigenvalue weighted by atomic mass is 16.5. The van der Waals surface area contributed by atoms with Crippen LogP contribution in [0.2, 0.25) is 0 Å². The zero-order valence-corrected chi connectivity index (χ0v) is 13.6. The summed E-state index contributed by atoms with van der Waals surface area (Å²) in [6.45, 7) is 4.71. The van der Waals surface area contributed by atoms with E-state index in [1.54, 1.807) is 24.8 Å². The van der Waals surface area contributed by atoms with Crippen molar-refractivity contribution in [3.05, 3.63) is 17.7 Å². The van der Waals surface area contributed by atoms with Gasteiger partial charge in [0, 0.05) is 32.0 Å². The minimum atomic E-state index is -0.0961. The molecule has 0 radical (unpaired) electrons. The summed E-state index contributed by atoms with van der Waals surface area (Å²) in [7, 11) is 0. The Morgan fingerprint density at radius 1 is 1.29 bits per heavy atom. The molecule has 0 spiro atoms. The van der Waals surface area contributed by atoms with E-state index < -0.39 is 0 Å². The third kappa shape index (κ3) is 3.61. The second-order valence-corrected chi connectivity index (χ2v) is 5.83. The van der Waals surface area contributed by atoms with E-state index in [4.69, 9.17) is 9.05 Å². The molecule has 3 heterocycles. The number of hydrogen-bond donors (Lipinski definition) is 1. The van der Waals surface area contributed by atoms with E-state index >= 15 is 0 Å². The minimum absolute atomic E-state index is 0.0512. The molecule has 2 aromatic heterocycles. The molecule has 0 aromatic carbocycles. The normalized spacial score (nSPS) is 15.5. The molecule has 24 heavy (non-hydrogen) atoms. The molecule has 9 nitrogen and oxygen atoms in total. The van der Waals surface area contributed by atoms with Gasteiger partial charge < -0.3 is 19.3 Å². The number of carbonyl (C=O) groups excluding carboxylic acids is 2. The fourth-order valence-corrected chi connectivity index (χ4v) is 2.67. The van der Waals surface area contributed by atoms with Crippen LogP contribution in [0.25, 0.3) is 11.5 Å². The number of aromatic nitrogens is 3. The maximum atomic E-state index is 12.2. The highest BCUT2D eigenvalue weighted by Crippen LogP contribution is 2.18. The van der Waals surface area contributed by atoms with Crippen molar-refractivity contribution in [2.45, 2.75) is 33.2 Å². The van der Waals surface area contributed by atoms with Gasteiger partial charge in [-0.1, -0.05) is 10.3 Å². The van der Waals surface area contributed by atoms with Crippen LogP contribution in [0.4, 0.5) is 0 Å². The number of carbonyl (C=O) groups is 2. The molecule has 0 aliphatic carbocycles. The lowest BCUT2D eigenvalue weighted by atomic mass is 9.96. The van der Waals surface area contributed by atoms with Gasteiger partial charge in [0.05, 0.1) is 6.54 Å². The van der Waals surface area contributed by atoms with Crippen molar-refractivity contribution in [1.82, 2.24) is 25.5 Å². The molecule has 128 valence electrons. The van der Waals surface area contributed by atoms with E-state index in [2.05, 4.69) is 20.6 Å². The first kappa shape index (κ1) is 16.2. The molecular formula is C15H19N5O4. The number of rotatable bonds is 4. The van der Waals surface area contributed by atoms with E-state index in [1.165, 1.54) is 0 Å². The number of piperidine rings is 1. The number of likely N-dealkylation sites (tertiary alicyclic amines) is 1. The topological polar surface area (TPSA) is 114 Å². The molecule has 0 bridgehead atoms. The third-order valence-corrected chi connectivity index (χ3v) is 4.05. The van der Waals surface area contributed by atoms with Crippen molar-refractivity contribution >= 4 is 11.8 Å². The molecule has 2 amide bonds. The second-order valence-electron chi connectivity index (χ2n) is 5.83. The summed E-state index contributed by atoms with van der Waals surface area (Å²) in [6, 6.07) is 1.70. The fourth-order valence-electron chi connectivity index (χ4n) is 2.67. The van der Waals surface area contributed by atoms with Gasteiger partial charge in [-0.2, -0.15) is 4.98 Å². The van der Waals surface area contributed by atoms with Crippen molar-refractivity contribution in [3.8, 4) is 11.5 Å². The van der Waals surface area contributed by atoms with Crippen molar-refractivity contribution in [2.24, 2.45) is 5.92 Å². The zero-order valence-electron chi connectivity index (χ0n) is 13.6. The van der Waals surface area contributed by atoms with Crippen molar-refractivity contribution in [1.29, 1.82) is 0 Å². The highest BCUT2D eigenvalue weighted by molar-refractivity contribution is 5.79. The van der Waals surface area contributed by atoms with E-state index in [1.807, 2.05) is 0 Å². The summed E-state index contributed by atoms with van der Waals surface area (Å²) in [5.41, 5.74) is 0.491. The number of hydrogen-bond acceptors (Lipinski definition) is 7.